The van der Waals surface area contributed by atoms with E-state index in [0.29, 0.717) is 10.0 Å². The van der Waals surface area contributed by atoms with Crippen molar-refractivity contribution in [3.8, 4) is 0 Å². The van der Waals surface area contributed by atoms with Crippen molar-refractivity contribution in [2.45, 2.75) is 24.6 Å². The van der Waals surface area contributed by atoms with Crippen LogP contribution in [0.1, 0.15) is 22.3 Å². The van der Waals surface area contributed by atoms with E-state index in [1.807, 2.05) is 0 Å². The van der Waals surface area contributed by atoms with Gasteiger partial charge >= 0.3 is 0 Å². The van der Waals surface area contributed by atoms with Crippen molar-refractivity contribution in [2.24, 2.45) is 4.99 Å². The number of nitrogens with zero attached hydrogens (tertiary/aromatic N) is 1. The van der Waals surface area contributed by atoms with Gasteiger partial charge < -0.3 is 4.74 Å². The van der Waals surface area contributed by atoms with E-state index in [2.05, 4.69) is 20.9 Å². The maximum atomic E-state index is 14.6. The van der Waals surface area contributed by atoms with Crippen LogP contribution in [0.15, 0.2) is 58.0 Å². The largest absolute Gasteiger partial charge is 0.477 e. The highest BCUT2D eigenvalue weighted by Crippen LogP contribution is 2.42. The zero-order chi connectivity index (χ0) is 19.6. The molecular formula is C19H14BrF4NO2. The van der Waals surface area contributed by atoms with Gasteiger partial charge in [-0.25, -0.2) is 22.6 Å². The molecule has 2 atom stereocenters. The molecule has 0 saturated carbocycles. The molecule has 8 heteroatoms. The molecule has 0 amide bonds. The molecule has 0 aliphatic carbocycles. The lowest BCUT2D eigenvalue weighted by atomic mass is 9.85. The molecule has 1 aliphatic heterocycles. The summed E-state index contributed by atoms with van der Waals surface area (Å²) in [5, 5.41) is 0. The van der Waals surface area contributed by atoms with E-state index in [1.54, 1.807) is 30.3 Å². The van der Waals surface area contributed by atoms with Crippen LogP contribution in [0.4, 0.5) is 17.6 Å². The number of carbonyl (C=O) groups is 1. The van der Waals surface area contributed by atoms with Gasteiger partial charge in [0.05, 0.1) is 6.42 Å². The topological polar surface area (TPSA) is 38.7 Å². The van der Waals surface area contributed by atoms with Crippen LogP contribution in [-0.2, 0) is 10.3 Å². The minimum absolute atomic E-state index is 0.301. The molecule has 1 aliphatic rings. The standard InChI is InChI=1S/C19H14BrF4NO2/c20-12-6-7-14(21)13(8-12)19(18(23)24)16(22)10-27-17(25-19)9-15(26)11-4-2-1-3-5-11/h1-8,16,18H,9-10H2/t16-,19+/m0/s1. The summed E-state index contributed by atoms with van der Waals surface area (Å²) in [4.78, 5) is 16.0. The van der Waals surface area contributed by atoms with Gasteiger partial charge in [0.25, 0.3) is 6.43 Å². The van der Waals surface area contributed by atoms with Crippen molar-refractivity contribution in [3.05, 3.63) is 69.9 Å². The predicted molar refractivity (Wildman–Crippen MR) is 95.5 cm³/mol. The summed E-state index contributed by atoms with van der Waals surface area (Å²) in [6.07, 6.45) is -6.06. The fraction of sp³-hybridized carbons (Fsp3) is 0.263. The van der Waals surface area contributed by atoms with Crippen LogP contribution in [0.25, 0.3) is 0 Å². The average Bonchev–Trinajstić information content (AvgIpc) is 2.66. The second kappa shape index (κ2) is 7.80. The fourth-order valence-corrected chi connectivity index (χ4v) is 3.26. The van der Waals surface area contributed by atoms with E-state index in [-0.39, 0.29) is 5.90 Å². The third kappa shape index (κ3) is 3.76. The van der Waals surface area contributed by atoms with Crippen LogP contribution in [0, 0.1) is 5.82 Å². The van der Waals surface area contributed by atoms with Crippen molar-refractivity contribution in [2.75, 3.05) is 6.61 Å². The Hall–Kier alpha value is -2.22. The van der Waals surface area contributed by atoms with Crippen LogP contribution >= 0.6 is 15.9 Å². The summed E-state index contributed by atoms with van der Waals surface area (Å²) < 4.78 is 62.2. The molecular weight excluding hydrogens is 430 g/mol. The van der Waals surface area contributed by atoms with Gasteiger partial charge in [-0.15, -0.1) is 0 Å². The van der Waals surface area contributed by atoms with E-state index in [4.69, 9.17) is 4.74 Å². The molecule has 27 heavy (non-hydrogen) atoms. The molecule has 0 saturated heterocycles. The van der Waals surface area contributed by atoms with Crippen LogP contribution in [0.5, 0.6) is 0 Å². The number of ether oxygens (including phenoxy) is 1. The maximum Gasteiger partial charge on any atom is 0.270 e. The first kappa shape index (κ1) is 19.5. The first-order chi connectivity index (χ1) is 12.8. The number of carbonyl (C=O) groups excluding carboxylic acids is 1. The molecule has 2 aromatic carbocycles. The molecule has 0 aromatic heterocycles. The third-order valence-electron chi connectivity index (χ3n) is 4.28. The van der Waals surface area contributed by atoms with Gasteiger partial charge in [0.1, 0.15) is 12.4 Å². The summed E-state index contributed by atoms with van der Waals surface area (Å²) in [6.45, 7) is -0.753. The van der Waals surface area contributed by atoms with Gasteiger partial charge in [0.2, 0.25) is 0 Å². The number of hydrogen-bond donors (Lipinski definition) is 0. The number of aliphatic imine (C=N–C) groups is 1. The quantitative estimate of drug-likeness (QED) is 0.476. The third-order valence-corrected chi connectivity index (χ3v) is 4.78. The number of ketones is 1. The second-order valence-corrected chi connectivity index (χ2v) is 6.92. The van der Waals surface area contributed by atoms with Crippen molar-refractivity contribution in [3.63, 3.8) is 0 Å². The SMILES string of the molecule is O=C(CC1=N[C@@](c2cc(Br)ccc2F)(C(F)F)[C@@H](F)CO1)c1ccccc1. The van der Waals surface area contributed by atoms with Crippen molar-refractivity contribution in [1.29, 1.82) is 0 Å². The smallest absolute Gasteiger partial charge is 0.270 e. The lowest BCUT2D eigenvalue weighted by Crippen LogP contribution is -2.49. The minimum Gasteiger partial charge on any atom is -0.477 e. The Bertz CT molecular complexity index is 875. The second-order valence-electron chi connectivity index (χ2n) is 6.00. The molecule has 0 spiro atoms. The summed E-state index contributed by atoms with van der Waals surface area (Å²) in [6, 6.07) is 11.5. The zero-order valence-electron chi connectivity index (χ0n) is 13.8. The highest BCUT2D eigenvalue weighted by Gasteiger charge is 2.54. The number of alkyl halides is 3. The Morgan fingerprint density at radius 2 is 1.96 bits per heavy atom. The molecule has 0 radical (unpaired) electrons. The zero-order valence-corrected chi connectivity index (χ0v) is 15.4. The highest BCUT2D eigenvalue weighted by molar-refractivity contribution is 9.10. The average molecular weight is 444 g/mol. The Morgan fingerprint density at radius 1 is 1.26 bits per heavy atom. The van der Waals surface area contributed by atoms with Gasteiger partial charge in [0, 0.05) is 15.6 Å². The lowest BCUT2D eigenvalue weighted by Gasteiger charge is -2.36. The Labute approximate surface area is 161 Å². The van der Waals surface area contributed by atoms with Crippen molar-refractivity contribution < 1.29 is 27.1 Å². The predicted octanol–water partition coefficient (Wildman–Crippen LogP) is 5.09. The molecule has 142 valence electrons. The van der Waals surface area contributed by atoms with Gasteiger partial charge in [0.15, 0.2) is 23.4 Å². The molecule has 0 unspecified atom stereocenters. The van der Waals surface area contributed by atoms with Crippen LogP contribution in [0.2, 0.25) is 0 Å². The van der Waals surface area contributed by atoms with E-state index < -0.39 is 48.3 Å². The highest BCUT2D eigenvalue weighted by atomic mass is 79.9. The number of rotatable bonds is 5. The number of Topliss-reactive ketones (excluding diaryl/α,β-unsaturated/α-hetero) is 1. The number of hydrogen-bond acceptors (Lipinski definition) is 3. The number of halogens is 5. The summed E-state index contributed by atoms with van der Waals surface area (Å²) in [5.41, 5.74) is -3.03. The van der Waals surface area contributed by atoms with Crippen molar-refractivity contribution in [1.82, 2.24) is 0 Å². The monoisotopic (exact) mass is 443 g/mol. The molecule has 3 rings (SSSR count). The maximum absolute atomic E-state index is 14.6. The normalized spacial score (nSPS) is 22.3. The minimum atomic E-state index is -3.35. The summed E-state index contributed by atoms with van der Waals surface area (Å²) >= 11 is 3.07. The molecule has 0 bridgehead atoms. The summed E-state index contributed by atoms with van der Waals surface area (Å²) in [5.74, 6) is -1.79. The van der Waals surface area contributed by atoms with E-state index in [1.165, 1.54) is 6.07 Å². The van der Waals surface area contributed by atoms with Crippen LogP contribution in [-0.4, -0.2) is 30.9 Å². The van der Waals surface area contributed by atoms with E-state index >= 15 is 0 Å². The lowest BCUT2D eigenvalue weighted by molar-refractivity contribution is -0.0305. The van der Waals surface area contributed by atoms with E-state index in [9.17, 15) is 22.4 Å². The van der Waals surface area contributed by atoms with Crippen LogP contribution < -0.4 is 0 Å². The van der Waals surface area contributed by atoms with Gasteiger partial charge in [-0.2, -0.15) is 0 Å². The fourth-order valence-electron chi connectivity index (χ4n) is 2.90. The van der Waals surface area contributed by atoms with Crippen molar-refractivity contribution >= 4 is 27.6 Å². The first-order valence-electron chi connectivity index (χ1n) is 8.02. The molecule has 1 heterocycles. The Kier molecular flexibility index (Phi) is 5.64. The Balaban J connectivity index is 2.03. The molecule has 3 nitrogen and oxygen atoms in total. The summed E-state index contributed by atoms with van der Waals surface area (Å²) in [7, 11) is 0. The molecule has 2 aromatic rings. The Morgan fingerprint density at radius 3 is 2.63 bits per heavy atom. The number of benzene rings is 2. The molecule has 0 N–H and O–H groups in total. The van der Waals surface area contributed by atoms with Crippen LogP contribution in [0.3, 0.4) is 0 Å². The van der Waals surface area contributed by atoms with E-state index in [0.717, 1.165) is 12.1 Å². The molecule has 0 fully saturated rings. The van der Waals surface area contributed by atoms with Gasteiger partial charge in [-0.1, -0.05) is 46.3 Å². The van der Waals surface area contributed by atoms with Gasteiger partial charge in [-0.3, -0.25) is 4.79 Å². The van der Waals surface area contributed by atoms with Gasteiger partial charge in [-0.05, 0) is 18.2 Å². The first-order valence-corrected chi connectivity index (χ1v) is 8.81.